The first-order valence-electron chi connectivity index (χ1n) is 6.11. The summed E-state index contributed by atoms with van der Waals surface area (Å²) in [5.41, 5.74) is 3.18. The smallest absolute Gasteiger partial charge is 0.0750 e. The molecule has 3 heteroatoms. The second kappa shape index (κ2) is 6.23. The van der Waals surface area contributed by atoms with Crippen molar-refractivity contribution in [2.24, 2.45) is 4.99 Å². The van der Waals surface area contributed by atoms with E-state index in [9.17, 15) is 0 Å². The highest BCUT2D eigenvalue weighted by Crippen LogP contribution is 2.31. The quantitative estimate of drug-likeness (QED) is 0.664. The van der Waals surface area contributed by atoms with Crippen LogP contribution in [0.3, 0.4) is 0 Å². The Hall–Kier alpha value is -1.31. The predicted octanol–water partition coefficient (Wildman–Crippen LogP) is 5.48. The van der Waals surface area contributed by atoms with E-state index in [1.165, 1.54) is 5.56 Å². The second-order valence-corrected chi connectivity index (χ2v) is 5.31. The first kappa shape index (κ1) is 14.1. The third kappa shape index (κ3) is 3.59. The van der Waals surface area contributed by atoms with Gasteiger partial charge in [0, 0.05) is 21.8 Å². The Bertz CT molecular complexity index is 568. The Morgan fingerprint density at radius 3 is 2.16 bits per heavy atom. The molecule has 1 unspecified atom stereocenters. The lowest BCUT2D eigenvalue weighted by Gasteiger charge is -2.10. The van der Waals surface area contributed by atoms with Crippen molar-refractivity contribution in [2.75, 3.05) is 0 Å². The van der Waals surface area contributed by atoms with Crippen molar-refractivity contribution in [3.05, 3.63) is 69.2 Å². The Balaban J connectivity index is 2.21. The van der Waals surface area contributed by atoms with Crippen molar-refractivity contribution in [1.29, 1.82) is 0 Å². The Labute approximate surface area is 123 Å². The van der Waals surface area contributed by atoms with Crippen molar-refractivity contribution in [3.8, 4) is 0 Å². The minimum absolute atomic E-state index is 0.0671. The molecular formula is C16H15Cl2N. The van der Waals surface area contributed by atoms with Gasteiger partial charge in [-0.05, 0) is 31.5 Å². The summed E-state index contributed by atoms with van der Waals surface area (Å²) >= 11 is 12.3. The van der Waals surface area contributed by atoms with E-state index < -0.39 is 0 Å². The minimum atomic E-state index is -0.0671. The van der Waals surface area contributed by atoms with Gasteiger partial charge in [0.1, 0.15) is 0 Å². The average Bonchev–Trinajstić information content (AvgIpc) is 2.38. The zero-order valence-corrected chi connectivity index (χ0v) is 12.4. The summed E-state index contributed by atoms with van der Waals surface area (Å²) in [5, 5.41) is 1.31. The first-order chi connectivity index (χ1) is 9.08. The molecule has 0 fully saturated rings. The van der Waals surface area contributed by atoms with Gasteiger partial charge in [-0.25, -0.2) is 0 Å². The van der Waals surface area contributed by atoms with Crippen LogP contribution in [-0.4, -0.2) is 6.21 Å². The molecule has 0 aliphatic heterocycles. The molecule has 1 atom stereocenters. The molecule has 0 heterocycles. The number of aliphatic imine (C=N–C) groups is 1. The molecule has 2 aromatic rings. The SMILES string of the molecule is Cc1ccc(C=NC(C)c2c(Cl)cccc2Cl)cc1. The normalized spacial score (nSPS) is 12.8. The van der Waals surface area contributed by atoms with Gasteiger partial charge in [-0.2, -0.15) is 0 Å². The van der Waals surface area contributed by atoms with Gasteiger partial charge >= 0.3 is 0 Å². The van der Waals surface area contributed by atoms with E-state index in [1.54, 1.807) is 0 Å². The van der Waals surface area contributed by atoms with Crippen LogP contribution < -0.4 is 0 Å². The van der Waals surface area contributed by atoms with Gasteiger partial charge in [-0.15, -0.1) is 0 Å². The number of rotatable bonds is 3. The number of hydrogen-bond donors (Lipinski definition) is 0. The molecule has 2 aromatic carbocycles. The predicted molar refractivity (Wildman–Crippen MR) is 83.7 cm³/mol. The first-order valence-corrected chi connectivity index (χ1v) is 6.87. The molecule has 19 heavy (non-hydrogen) atoms. The maximum atomic E-state index is 6.17. The van der Waals surface area contributed by atoms with Gasteiger partial charge < -0.3 is 0 Å². The molecule has 1 nitrogen and oxygen atoms in total. The van der Waals surface area contributed by atoms with Crippen LogP contribution in [0.2, 0.25) is 10.0 Å². The summed E-state index contributed by atoms with van der Waals surface area (Å²) in [6.45, 7) is 4.05. The van der Waals surface area contributed by atoms with Crippen molar-refractivity contribution < 1.29 is 0 Å². The molecule has 98 valence electrons. The van der Waals surface area contributed by atoms with Crippen molar-refractivity contribution in [2.45, 2.75) is 19.9 Å². The van der Waals surface area contributed by atoms with E-state index in [0.717, 1.165) is 11.1 Å². The fourth-order valence-electron chi connectivity index (χ4n) is 1.83. The van der Waals surface area contributed by atoms with Gasteiger partial charge in [0.15, 0.2) is 0 Å². The Morgan fingerprint density at radius 1 is 1.00 bits per heavy atom. The molecule has 0 N–H and O–H groups in total. The maximum absolute atomic E-state index is 6.17. The molecule has 0 amide bonds. The molecule has 0 aromatic heterocycles. The van der Waals surface area contributed by atoms with Crippen LogP contribution in [0.4, 0.5) is 0 Å². The van der Waals surface area contributed by atoms with Crippen LogP contribution >= 0.6 is 23.2 Å². The third-order valence-electron chi connectivity index (χ3n) is 2.94. The third-order valence-corrected chi connectivity index (χ3v) is 3.60. The number of nitrogens with zero attached hydrogens (tertiary/aromatic N) is 1. The lowest BCUT2D eigenvalue weighted by molar-refractivity contribution is 0.826. The van der Waals surface area contributed by atoms with Gasteiger partial charge in [-0.3, -0.25) is 4.99 Å². The molecule has 0 aliphatic rings. The zero-order valence-electron chi connectivity index (χ0n) is 10.9. The van der Waals surface area contributed by atoms with Crippen LogP contribution in [0, 0.1) is 6.92 Å². The van der Waals surface area contributed by atoms with Crippen molar-refractivity contribution in [3.63, 3.8) is 0 Å². The fourth-order valence-corrected chi connectivity index (χ4v) is 2.55. The highest BCUT2D eigenvalue weighted by atomic mass is 35.5. The fraction of sp³-hybridized carbons (Fsp3) is 0.188. The molecule has 0 spiro atoms. The Kier molecular flexibility index (Phi) is 4.62. The highest BCUT2D eigenvalue weighted by molar-refractivity contribution is 6.36. The summed E-state index contributed by atoms with van der Waals surface area (Å²) < 4.78 is 0. The van der Waals surface area contributed by atoms with E-state index in [1.807, 2.05) is 43.5 Å². The molecule has 0 saturated heterocycles. The number of halogens is 2. The van der Waals surface area contributed by atoms with Crippen LogP contribution in [0.15, 0.2) is 47.5 Å². The topological polar surface area (TPSA) is 12.4 Å². The molecular weight excluding hydrogens is 277 g/mol. The van der Waals surface area contributed by atoms with Gasteiger partial charge in [0.05, 0.1) is 6.04 Å². The van der Waals surface area contributed by atoms with E-state index in [4.69, 9.17) is 23.2 Å². The van der Waals surface area contributed by atoms with Crippen LogP contribution in [-0.2, 0) is 0 Å². The minimum Gasteiger partial charge on any atom is -0.285 e. The van der Waals surface area contributed by atoms with E-state index in [0.29, 0.717) is 10.0 Å². The molecule has 0 saturated carbocycles. The summed E-state index contributed by atoms with van der Waals surface area (Å²) in [5.74, 6) is 0. The highest BCUT2D eigenvalue weighted by Gasteiger charge is 2.11. The second-order valence-electron chi connectivity index (χ2n) is 4.50. The number of aryl methyl sites for hydroxylation is 1. The van der Waals surface area contributed by atoms with Crippen LogP contribution in [0.25, 0.3) is 0 Å². The lowest BCUT2D eigenvalue weighted by atomic mass is 10.1. The van der Waals surface area contributed by atoms with Crippen molar-refractivity contribution >= 4 is 29.4 Å². The maximum Gasteiger partial charge on any atom is 0.0750 e. The lowest BCUT2D eigenvalue weighted by Crippen LogP contribution is -1.94. The van der Waals surface area contributed by atoms with Gasteiger partial charge in [-0.1, -0.05) is 59.1 Å². The van der Waals surface area contributed by atoms with Gasteiger partial charge in [0.2, 0.25) is 0 Å². The summed E-state index contributed by atoms with van der Waals surface area (Å²) in [4.78, 5) is 4.52. The van der Waals surface area contributed by atoms with E-state index >= 15 is 0 Å². The largest absolute Gasteiger partial charge is 0.285 e. The summed E-state index contributed by atoms with van der Waals surface area (Å²) in [7, 11) is 0. The van der Waals surface area contributed by atoms with Crippen LogP contribution in [0.1, 0.15) is 29.7 Å². The Morgan fingerprint density at radius 2 is 1.58 bits per heavy atom. The molecule has 0 bridgehead atoms. The number of benzene rings is 2. The van der Waals surface area contributed by atoms with E-state index in [-0.39, 0.29) is 6.04 Å². The summed E-state index contributed by atoms with van der Waals surface area (Å²) in [6.07, 6.45) is 1.85. The standard InChI is InChI=1S/C16H15Cl2N/c1-11-6-8-13(9-7-11)10-19-12(2)16-14(17)4-3-5-15(16)18/h3-10,12H,1-2H3. The average molecular weight is 292 g/mol. The number of hydrogen-bond acceptors (Lipinski definition) is 1. The van der Waals surface area contributed by atoms with Crippen LogP contribution in [0.5, 0.6) is 0 Å². The molecule has 2 rings (SSSR count). The zero-order chi connectivity index (χ0) is 13.8. The van der Waals surface area contributed by atoms with Crippen molar-refractivity contribution in [1.82, 2.24) is 0 Å². The monoisotopic (exact) mass is 291 g/mol. The molecule has 0 radical (unpaired) electrons. The molecule has 0 aliphatic carbocycles. The summed E-state index contributed by atoms with van der Waals surface area (Å²) in [6, 6.07) is 13.6. The van der Waals surface area contributed by atoms with Gasteiger partial charge in [0.25, 0.3) is 0 Å². The van der Waals surface area contributed by atoms with E-state index in [2.05, 4.69) is 24.0 Å².